The Morgan fingerprint density at radius 1 is 1.05 bits per heavy atom. The Morgan fingerprint density at radius 2 is 1.74 bits per heavy atom. The third kappa shape index (κ3) is 3.38. The maximum absolute atomic E-state index is 5.56. The summed E-state index contributed by atoms with van der Waals surface area (Å²) in [4.78, 5) is 0. The van der Waals surface area contributed by atoms with Crippen molar-refractivity contribution in [2.45, 2.75) is 34.2 Å². The zero-order valence-corrected chi connectivity index (χ0v) is 12.4. The fourth-order valence-corrected chi connectivity index (χ4v) is 2.78. The lowest BCUT2D eigenvalue weighted by Crippen LogP contribution is -2.29. The maximum Gasteiger partial charge on any atom is 0.134 e. The second-order valence-corrected chi connectivity index (χ2v) is 6.04. The van der Waals surface area contributed by atoms with Crippen molar-refractivity contribution in [2.24, 2.45) is 17.8 Å². The van der Waals surface area contributed by atoms with Crippen LogP contribution in [-0.2, 0) is 6.54 Å². The Hall–Kier alpha value is -1.28. The lowest BCUT2D eigenvalue weighted by atomic mass is 9.85. The minimum Gasteiger partial charge on any atom is -0.464 e. The maximum atomic E-state index is 5.56. The summed E-state index contributed by atoms with van der Waals surface area (Å²) in [7, 11) is 0. The molecule has 0 bridgehead atoms. The quantitative estimate of drug-likeness (QED) is 0.829. The van der Waals surface area contributed by atoms with E-state index in [0.717, 1.165) is 24.6 Å². The van der Waals surface area contributed by atoms with Crippen molar-refractivity contribution in [1.29, 1.82) is 0 Å². The van der Waals surface area contributed by atoms with Gasteiger partial charge in [0.25, 0.3) is 0 Å². The van der Waals surface area contributed by atoms with Crippen LogP contribution in [0.5, 0.6) is 0 Å². The molecule has 19 heavy (non-hydrogen) atoms. The van der Waals surface area contributed by atoms with Crippen LogP contribution in [0.25, 0.3) is 11.0 Å². The summed E-state index contributed by atoms with van der Waals surface area (Å²) in [5, 5.41) is 4.81. The van der Waals surface area contributed by atoms with E-state index in [1.54, 1.807) is 0 Å². The van der Waals surface area contributed by atoms with Crippen LogP contribution in [0.3, 0.4) is 0 Å². The van der Waals surface area contributed by atoms with Gasteiger partial charge in [-0.05, 0) is 30.4 Å². The second kappa shape index (κ2) is 6.25. The minimum absolute atomic E-state index is 0.716. The number of fused-ring (bicyclic) bond motifs is 1. The number of furan rings is 1. The zero-order valence-electron chi connectivity index (χ0n) is 12.4. The van der Waals surface area contributed by atoms with Gasteiger partial charge < -0.3 is 9.73 Å². The SMILES string of the molecule is CC(C)C(CNCc1coc2ccccc12)C(C)C. The lowest BCUT2D eigenvalue weighted by Gasteiger charge is -2.25. The van der Waals surface area contributed by atoms with Crippen molar-refractivity contribution in [3.63, 3.8) is 0 Å². The number of para-hydroxylation sites is 1. The first-order chi connectivity index (χ1) is 9.09. The van der Waals surface area contributed by atoms with E-state index in [9.17, 15) is 0 Å². The topological polar surface area (TPSA) is 25.2 Å². The highest BCUT2D eigenvalue weighted by molar-refractivity contribution is 5.80. The Labute approximate surface area is 116 Å². The number of nitrogens with one attached hydrogen (secondary N) is 1. The van der Waals surface area contributed by atoms with E-state index in [4.69, 9.17) is 4.42 Å². The molecule has 104 valence electrons. The van der Waals surface area contributed by atoms with Gasteiger partial charge in [0.05, 0.1) is 6.26 Å². The molecule has 1 heterocycles. The van der Waals surface area contributed by atoms with E-state index >= 15 is 0 Å². The number of hydrogen-bond acceptors (Lipinski definition) is 2. The summed E-state index contributed by atoms with van der Waals surface area (Å²) in [5.41, 5.74) is 2.23. The van der Waals surface area contributed by atoms with Gasteiger partial charge in [-0.3, -0.25) is 0 Å². The normalized spacial score (nSPS) is 12.2. The van der Waals surface area contributed by atoms with Gasteiger partial charge in [0.1, 0.15) is 5.58 Å². The van der Waals surface area contributed by atoms with Crippen molar-refractivity contribution in [3.8, 4) is 0 Å². The van der Waals surface area contributed by atoms with Crippen LogP contribution in [0, 0.1) is 17.8 Å². The van der Waals surface area contributed by atoms with E-state index in [-0.39, 0.29) is 0 Å². The van der Waals surface area contributed by atoms with Crippen molar-refractivity contribution in [2.75, 3.05) is 6.54 Å². The van der Waals surface area contributed by atoms with E-state index < -0.39 is 0 Å². The van der Waals surface area contributed by atoms with E-state index in [1.165, 1.54) is 10.9 Å². The minimum atomic E-state index is 0.716. The molecule has 0 atom stereocenters. The van der Waals surface area contributed by atoms with Gasteiger partial charge in [0.2, 0.25) is 0 Å². The summed E-state index contributed by atoms with van der Waals surface area (Å²) < 4.78 is 5.56. The van der Waals surface area contributed by atoms with E-state index in [1.807, 2.05) is 18.4 Å². The standard InChI is InChI=1S/C17H25NO/c1-12(2)16(13(3)4)10-18-9-14-11-19-17-8-6-5-7-15(14)17/h5-8,11-13,16,18H,9-10H2,1-4H3. The first-order valence-corrected chi connectivity index (χ1v) is 7.25. The zero-order chi connectivity index (χ0) is 13.8. The third-order valence-electron chi connectivity index (χ3n) is 3.97. The first-order valence-electron chi connectivity index (χ1n) is 7.25. The highest BCUT2D eigenvalue weighted by atomic mass is 16.3. The molecule has 1 N–H and O–H groups in total. The van der Waals surface area contributed by atoms with Gasteiger partial charge in [0, 0.05) is 17.5 Å². The summed E-state index contributed by atoms with van der Waals surface area (Å²) in [5.74, 6) is 2.15. The molecule has 2 aromatic rings. The Kier molecular flexibility index (Phi) is 4.65. The van der Waals surface area contributed by atoms with Crippen LogP contribution in [0.1, 0.15) is 33.3 Å². The highest BCUT2D eigenvalue weighted by Crippen LogP contribution is 2.22. The molecular formula is C17H25NO. The molecule has 0 aliphatic heterocycles. The molecule has 2 nitrogen and oxygen atoms in total. The Bertz CT molecular complexity index is 505. The predicted molar refractivity (Wildman–Crippen MR) is 81.1 cm³/mol. The summed E-state index contributed by atoms with van der Waals surface area (Å²) in [6.07, 6.45) is 1.87. The first kappa shape index (κ1) is 14.1. The largest absolute Gasteiger partial charge is 0.464 e. The van der Waals surface area contributed by atoms with Gasteiger partial charge in [-0.1, -0.05) is 45.9 Å². The summed E-state index contributed by atoms with van der Waals surface area (Å²) in [6, 6.07) is 8.21. The van der Waals surface area contributed by atoms with Gasteiger partial charge in [-0.2, -0.15) is 0 Å². The van der Waals surface area contributed by atoms with Crippen LogP contribution >= 0.6 is 0 Å². The molecule has 2 heteroatoms. The molecule has 1 aromatic heterocycles. The summed E-state index contributed by atoms with van der Waals surface area (Å²) >= 11 is 0. The van der Waals surface area contributed by atoms with Crippen molar-refractivity contribution >= 4 is 11.0 Å². The van der Waals surface area contributed by atoms with Crippen LogP contribution < -0.4 is 5.32 Å². The molecule has 0 amide bonds. The molecule has 0 spiro atoms. The number of hydrogen-bond donors (Lipinski definition) is 1. The molecule has 0 saturated heterocycles. The van der Waals surface area contributed by atoms with Gasteiger partial charge >= 0.3 is 0 Å². The fraction of sp³-hybridized carbons (Fsp3) is 0.529. The Balaban J connectivity index is 1.95. The molecule has 2 rings (SSSR count). The molecule has 0 aliphatic carbocycles. The van der Waals surface area contributed by atoms with Crippen molar-refractivity contribution < 1.29 is 4.42 Å². The van der Waals surface area contributed by atoms with Crippen LogP contribution in [0.15, 0.2) is 34.9 Å². The highest BCUT2D eigenvalue weighted by Gasteiger charge is 2.17. The molecule has 0 fully saturated rings. The molecule has 0 aliphatic rings. The van der Waals surface area contributed by atoms with Crippen LogP contribution in [-0.4, -0.2) is 6.54 Å². The van der Waals surface area contributed by atoms with Crippen molar-refractivity contribution in [1.82, 2.24) is 5.32 Å². The monoisotopic (exact) mass is 259 g/mol. The number of rotatable bonds is 6. The molecule has 0 saturated carbocycles. The molecular weight excluding hydrogens is 234 g/mol. The van der Waals surface area contributed by atoms with Gasteiger partial charge in [0.15, 0.2) is 0 Å². The fourth-order valence-electron chi connectivity index (χ4n) is 2.78. The van der Waals surface area contributed by atoms with Gasteiger partial charge in [-0.25, -0.2) is 0 Å². The Morgan fingerprint density at radius 3 is 2.42 bits per heavy atom. The molecule has 1 aromatic carbocycles. The summed E-state index contributed by atoms with van der Waals surface area (Å²) in [6.45, 7) is 11.2. The molecule has 0 unspecified atom stereocenters. The average Bonchev–Trinajstić information content (AvgIpc) is 2.77. The third-order valence-corrected chi connectivity index (χ3v) is 3.97. The predicted octanol–water partition coefficient (Wildman–Crippen LogP) is 4.45. The van der Waals surface area contributed by atoms with Crippen LogP contribution in [0.2, 0.25) is 0 Å². The average molecular weight is 259 g/mol. The van der Waals surface area contributed by atoms with E-state index in [0.29, 0.717) is 11.8 Å². The smallest absolute Gasteiger partial charge is 0.134 e. The second-order valence-electron chi connectivity index (χ2n) is 6.04. The van der Waals surface area contributed by atoms with Gasteiger partial charge in [-0.15, -0.1) is 0 Å². The number of benzene rings is 1. The molecule has 0 radical (unpaired) electrons. The lowest BCUT2D eigenvalue weighted by molar-refractivity contribution is 0.275. The van der Waals surface area contributed by atoms with E-state index in [2.05, 4.69) is 45.1 Å². The van der Waals surface area contributed by atoms with Crippen molar-refractivity contribution in [3.05, 3.63) is 36.1 Å². The van der Waals surface area contributed by atoms with Crippen LogP contribution in [0.4, 0.5) is 0 Å².